The summed E-state index contributed by atoms with van der Waals surface area (Å²) in [5.41, 5.74) is 1.69. The summed E-state index contributed by atoms with van der Waals surface area (Å²) in [7, 11) is 0. The van der Waals surface area contributed by atoms with Gasteiger partial charge in [0.1, 0.15) is 6.04 Å². The molecule has 1 aliphatic carbocycles. The molecule has 4 nitrogen and oxygen atoms in total. The third-order valence-electron chi connectivity index (χ3n) is 5.65. The molecule has 1 N–H and O–H groups in total. The second-order valence-electron chi connectivity index (χ2n) is 7.83. The van der Waals surface area contributed by atoms with Crippen LogP contribution in [0.15, 0.2) is 48.5 Å². The molecule has 0 spiro atoms. The van der Waals surface area contributed by atoms with Gasteiger partial charge in [-0.05, 0) is 48.6 Å². The van der Waals surface area contributed by atoms with Crippen LogP contribution in [0.25, 0.3) is 0 Å². The summed E-state index contributed by atoms with van der Waals surface area (Å²) in [5, 5.41) is 4.35. The predicted octanol–water partition coefficient (Wildman–Crippen LogP) is 5.40. The van der Waals surface area contributed by atoms with Crippen molar-refractivity contribution in [2.24, 2.45) is 0 Å². The monoisotopic (exact) mass is 446 g/mol. The maximum absolute atomic E-state index is 13.3. The normalized spacial score (nSPS) is 15.0. The highest BCUT2D eigenvalue weighted by atomic mass is 35.5. The molecule has 0 radical (unpaired) electrons. The number of nitrogens with one attached hydrogen (secondary N) is 1. The van der Waals surface area contributed by atoms with E-state index in [1.807, 2.05) is 37.3 Å². The van der Waals surface area contributed by atoms with Gasteiger partial charge in [0.05, 0.1) is 6.42 Å². The molecule has 1 fully saturated rings. The number of nitrogens with zero attached hydrogens (tertiary/aromatic N) is 1. The maximum atomic E-state index is 13.3. The molecular formula is C24H28Cl2N2O2. The Bertz CT molecular complexity index is 864. The van der Waals surface area contributed by atoms with Gasteiger partial charge < -0.3 is 10.2 Å². The fraction of sp³-hybridized carbons (Fsp3) is 0.417. The zero-order valence-corrected chi connectivity index (χ0v) is 18.8. The molecule has 3 rings (SSSR count). The lowest BCUT2D eigenvalue weighted by Crippen LogP contribution is -2.51. The average molecular weight is 447 g/mol. The fourth-order valence-electron chi connectivity index (χ4n) is 3.98. The van der Waals surface area contributed by atoms with Crippen LogP contribution in [0.1, 0.15) is 50.2 Å². The predicted molar refractivity (Wildman–Crippen MR) is 122 cm³/mol. The first-order valence-electron chi connectivity index (χ1n) is 10.6. The summed E-state index contributed by atoms with van der Waals surface area (Å²) in [6, 6.07) is 14.4. The Labute approximate surface area is 188 Å². The van der Waals surface area contributed by atoms with Gasteiger partial charge in [0.2, 0.25) is 11.8 Å². The van der Waals surface area contributed by atoms with E-state index in [0.29, 0.717) is 23.0 Å². The van der Waals surface area contributed by atoms with Crippen LogP contribution in [0.3, 0.4) is 0 Å². The van der Waals surface area contributed by atoms with Crippen molar-refractivity contribution < 1.29 is 9.59 Å². The lowest BCUT2D eigenvalue weighted by atomic mass is 10.1. The first-order chi connectivity index (χ1) is 14.5. The molecule has 2 aromatic carbocycles. The van der Waals surface area contributed by atoms with E-state index in [2.05, 4.69) is 5.32 Å². The van der Waals surface area contributed by atoms with E-state index in [-0.39, 0.29) is 24.3 Å². The number of hydrogen-bond acceptors (Lipinski definition) is 2. The number of rotatable bonds is 8. The van der Waals surface area contributed by atoms with Gasteiger partial charge in [0, 0.05) is 22.6 Å². The zero-order valence-electron chi connectivity index (χ0n) is 17.2. The molecular weight excluding hydrogens is 419 g/mol. The molecule has 6 heteroatoms. The van der Waals surface area contributed by atoms with Crippen molar-refractivity contribution in [3.63, 3.8) is 0 Å². The van der Waals surface area contributed by atoms with Crippen LogP contribution in [0, 0.1) is 0 Å². The molecule has 0 aromatic heterocycles. The molecule has 1 aliphatic rings. The Morgan fingerprint density at radius 1 is 1.07 bits per heavy atom. The van der Waals surface area contributed by atoms with Crippen molar-refractivity contribution in [1.29, 1.82) is 0 Å². The number of hydrogen-bond donors (Lipinski definition) is 1. The standard InChI is InChI=1S/C24H28Cl2N2O2/c1-2-22(24(30)27-20-8-4-5-9-20)28(16-17-11-13-19(25)14-12-17)23(29)15-18-7-3-6-10-21(18)26/h3,6-7,10-14,20,22H,2,4-5,8-9,15-16H2,1H3,(H,27,30). The smallest absolute Gasteiger partial charge is 0.243 e. The van der Waals surface area contributed by atoms with Crippen molar-refractivity contribution in [3.8, 4) is 0 Å². The molecule has 1 saturated carbocycles. The van der Waals surface area contributed by atoms with Gasteiger partial charge in [-0.2, -0.15) is 0 Å². The van der Waals surface area contributed by atoms with E-state index in [0.717, 1.165) is 36.8 Å². The van der Waals surface area contributed by atoms with Gasteiger partial charge in [-0.1, -0.05) is 73.3 Å². The Kier molecular flexibility index (Phi) is 8.17. The van der Waals surface area contributed by atoms with Crippen LogP contribution in [-0.4, -0.2) is 28.8 Å². The topological polar surface area (TPSA) is 49.4 Å². The Balaban J connectivity index is 1.82. The Hall–Kier alpha value is -2.04. The SMILES string of the molecule is CCC(C(=O)NC1CCCC1)N(Cc1ccc(Cl)cc1)C(=O)Cc1ccccc1Cl. The number of carbonyl (C=O) groups is 2. The average Bonchev–Trinajstić information content (AvgIpc) is 3.24. The van der Waals surface area contributed by atoms with Gasteiger partial charge in [0.15, 0.2) is 0 Å². The van der Waals surface area contributed by atoms with Crippen molar-refractivity contribution in [1.82, 2.24) is 10.2 Å². The van der Waals surface area contributed by atoms with Gasteiger partial charge in [0.25, 0.3) is 0 Å². The zero-order chi connectivity index (χ0) is 21.5. The number of halogens is 2. The van der Waals surface area contributed by atoms with Crippen molar-refractivity contribution in [2.75, 3.05) is 0 Å². The van der Waals surface area contributed by atoms with Crippen molar-refractivity contribution in [2.45, 2.75) is 64.1 Å². The summed E-state index contributed by atoms with van der Waals surface area (Å²) in [5.74, 6) is -0.197. The fourth-order valence-corrected chi connectivity index (χ4v) is 4.31. The molecule has 0 aliphatic heterocycles. The number of amides is 2. The highest BCUT2D eigenvalue weighted by Gasteiger charge is 2.30. The summed E-state index contributed by atoms with van der Waals surface area (Å²) < 4.78 is 0. The molecule has 0 saturated heterocycles. The minimum Gasteiger partial charge on any atom is -0.352 e. The second-order valence-corrected chi connectivity index (χ2v) is 8.67. The molecule has 0 heterocycles. The molecule has 1 atom stereocenters. The first kappa shape index (κ1) is 22.6. The van der Waals surface area contributed by atoms with Crippen molar-refractivity contribution >= 4 is 35.0 Å². The van der Waals surface area contributed by atoms with Crippen LogP contribution in [-0.2, 0) is 22.6 Å². The van der Waals surface area contributed by atoms with E-state index in [1.165, 1.54) is 0 Å². The van der Waals surface area contributed by atoms with Crippen LogP contribution < -0.4 is 5.32 Å². The van der Waals surface area contributed by atoms with Crippen LogP contribution >= 0.6 is 23.2 Å². The largest absolute Gasteiger partial charge is 0.352 e. The summed E-state index contributed by atoms with van der Waals surface area (Å²) >= 11 is 12.3. The molecule has 0 bridgehead atoms. The number of benzene rings is 2. The maximum Gasteiger partial charge on any atom is 0.243 e. The van der Waals surface area contributed by atoms with E-state index in [4.69, 9.17) is 23.2 Å². The highest BCUT2D eigenvalue weighted by Crippen LogP contribution is 2.22. The lowest BCUT2D eigenvalue weighted by molar-refractivity contribution is -0.141. The molecule has 2 amide bonds. The van der Waals surface area contributed by atoms with Crippen LogP contribution in [0.2, 0.25) is 10.0 Å². The van der Waals surface area contributed by atoms with Gasteiger partial charge in [-0.15, -0.1) is 0 Å². The first-order valence-corrected chi connectivity index (χ1v) is 11.3. The third-order valence-corrected chi connectivity index (χ3v) is 6.27. The van der Waals surface area contributed by atoms with Crippen LogP contribution in [0.4, 0.5) is 0 Å². The second kappa shape index (κ2) is 10.8. The minimum absolute atomic E-state index is 0.0779. The van der Waals surface area contributed by atoms with E-state index in [1.54, 1.807) is 23.1 Å². The molecule has 160 valence electrons. The minimum atomic E-state index is -0.531. The van der Waals surface area contributed by atoms with Gasteiger partial charge in [-0.25, -0.2) is 0 Å². The van der Waals surface area contributed by atoms with Gasteiger partial charge >= 0.3 is 0 Å². The molecule has 1 unspecified atom stereocenters. The van der Waals surface area contributed by atoms with E-state index in [9.17, 15) is 9.59 Å². The van der Waals surface area contributed by atoms with E-state index >= 15 is 0 Å². The number of carbonyl (C=O) groups excluding carboxylic acids is 2. The summed E-state index contributed by atoms with van der Waals surface area (Å²) in [6.07, 6.45) is 4.99. The highest BCUT2D eigenvalue weighted by molar-refractivity contribution is 6.31. The van der Waals surface area contributed by atoms with Gasteiger partial charge in [-0.3, -0.25) is 9.59 Å². The van der Waals surface area contributed by atoms with Crippen LogP contribution in [0.5, 0.6) is 0 Å². The molecule has 2 aromatic rings. The summed E-state index contributed by atoms with van der Waals surface area (Å²) in [6.45, 7) is 2.29. The van der Waals surface area contributed by atoms with E-state index < -0.39 is 6.04 Å². The summed E-state index contributed by atoms with van der Waals surface area (Å²) in [4.78, 5) is 28.1. The quantitative estimate of drug-likeness (QED) is 0.589. The molecule has 30 heavy (non-hydrogen) atoms. The Morgan fingerprint density at radius 2 is 1.73 bits per heavy atom. The Morgan fingerprint density at radius 3 is 2.37 bits per heavy atom. The lowest BCUT2D eigenvalue weighted by Gasteiger charge is -2.31. The van der Waals surface area contributed by atoms with Crippen molar-refractivity contribution in [3.05, 3.63) is 69.7 Å². The third kappa shape index (κ3) is 5.99.